The van der Waals surface area contributed by atoms with Crippen LogP contribution in [0.2, 0.25) is 0 Å². The normalized spacial score (nSPS) is 37.6. The van der Waals surface area contributed by atoms with Crippen LogP contribution in [0.25, 0.3) is 0 Å². The second kappa shape index (κ2) is 5.28. The molecule has 1 saturated carbocycles. The van der Waals surface area contributed by atoms with Gasteiger partial charge in [0.1, 0.15) is 0 Å². The Bertz CT molecular complexity index is 192. The summed E-state index contributed by atoms with van der Waals surface area (Å²) < 4.78 is 0. The molecule has 2 rings (SSSR count). The second-order valence-corrected chi connectivity index (χ2v) is 5.28. The third kappa shape index (κ3) is 3.16. The lowest BCUT2D eigenvalue weighted by Gasteiger charge is -2.35. The zero-order valence-corrected chi connectivity index (χ0v) is 9.78. The summed E-state index contributed by atoms with van der Waals surface area (Å²) in [5.74, 6) is 0.730. The van der Waals surface area contributed by atoms with Gasteiger partial charge >= 0.3 is 0 Å². The highest BCUT2D eigenvalue weighted by atomic mass is 16.3. The lowest BCUT2D eigenvalue weighted by Crippen LogP contribution is -2.45. The number of piperidine rings is 1. The standard InChI is InChI=1S/C12H24N2O/c1-14-5-3-2-4-11(14)9-13-8-10-6-12(15)7-10/h10-13,15H,2-9H2,1H3. The average Bonchev–Trinajstić information content (AvgIpc) is 2.18. The van der Waals surface area contributed by atoms with E-state index in [9.17, 15) is 5.11 Å². The van der Waals surface area contributed by atoms with Crippen molar-refractivity contribution >= 4 is 0 Å². The predicted octanol–water partition coefficient (Wildman–Crippen LogP) is 0.831. The van der Waals surface area contributed by atoms with Crippen molar-refractivity contribution in [2.45, 2.75) is 44.2 Å². The Kier molecular flexibility index (Phi) is 4.00. The van der Waals surface area contributed by atoms with E-state index in [-0.39, 0.29) is 6.10 Å². The molecule has 1 saturated heterocycles. The third-order valence-corrected chi connectivity index (χ3v) is 3.95. The Morgan fingerprint density at radius 2 is 2.07 bits per heavy atom. The van der Waals surface area contributed by atoms with Gasteiger partial charge in [0.15, 0.2) is 0 Å². The van der Waals surface area contributed by atoms with E-state index in [2.05, 4.69) is 17.3 Å². The molecule has 0 aromatic heterocycles. The van der Waals surface area contributed by atoms with Crippen LogP contribution in [0.5, 0.6) is 0 Å². The fraction of sp³-hybridized carbons (Fsp3) is 1.00. The van der Waals surface area contributed by atoms with Crippen LogP contribution in [-0.2, 0) is 0 Å². The maximum atomic E-state index is 9.17. The third-order valence-electron chi connectivity index (χ3n) is 3.95. The molecule has 15 heavy (non-hydrogen) atoms. The van der Waals surface area contributed by atoms with E-state index >= 15 is 0 Å². The minimum atomic E-state index is -0.00541. The Balaban J connectivity index is 1.56. The first kappa shape index (κ1) is 11.4. The van der Waals surface area contributed by atoms with E-state index in [4.69, 9.17) is 0 Å². The molecule has 1 aliphatic carbocycles. The van der Waals surface area contributed by atoms with Crippen molar-refractivity contribution in [3.63, 3.8) is 0 Å². The van der Waals surface area contributed by atoms with Crippen LogP contribution in [0.4, 0.5) is 0 Å². The van der Waals surface area contributed by atoms with Gasteiger partial charge in [-0.05, 0) is 51.7 Å². The van der Waals surface area contributed by atoms with Gasteiger partial charge in [-0.2, -0.15) is 0 Å². The second-order valence-electron chi connectivity index (χ2n) is 5.28. The highest BCUT2D eigenvalue weighted by molar-refractivity contribution is 4.82. The van der Waals surface area contributed by atoms with Crippen LogP contribution in [-0.4, -0.2) is 48.8 Å². The van der Waals surface area contributed by atoms with Crippen LogP contribution >= 0.6 is 0 Å². The molecule has 2 aliphatic rings. The quantitative estimate of drug-likeness (QED) is 0.724. The number of aliphatic hydroxyl groups excluding tert-OH is 1. The highest BCUT2D eigenvalue weighted by Gasteiger charge is 2.27. The molecule has 2 N–H and O–H groups in total. The van der Waals surface area contributed by atoms with Gasteiger partial charge in [-0.25, -0.2) is 0 Å². The zero-order valence-electron chi connectivity index (χ0n) is 9.78. The first-order valence-electron chi connectivity index (χ1n) is 6.34. The topological polar surface area (TPSA) is 35.5 Å². The maximum absolute atomic E-state index is 9.17. The monoisotopic (exact) mass is 212 g/mol. The molecule has 1 heterocycles. The molecule has 0 bridgehead atoms. The molecule has 2 fully saturated rings. The van der Waals surface area contributed by atoms with Gasteiger partial charge in [-0.3, -0.25) is 0 Å². The molecule has 88 valence electrons. The fourth-order valence-corrected chi connectivity index (χ4v) is 2.72. The summed E-state index contributed by atoms with van der Waals surface area (Å²) in [6, 6.07) is 0.740. The van der Waals surface area contributed by atoms with E-state index in [0.29, 0.717) is 0 Å². The van der Waals surface area contributed by atoms with Crippen LogP contribution in [0.1, 0.15) is 32.1 Å². The highest BCUT2D eigenvalue weighted by Crippen LogP contribution is 2.26. The predicted molar refractivity (Wildman–Crippen MR) is 61.9 cm³/mol. The van der Waals surface area contributed by atoms with Gasteiger partial charge in [-0.15, -0.1) is 0 Å². The Morgan fingerprint density at radius 1 is 1.27 bits per heavy atom. The molecule has 1 unspecified atom stereocenters. The summed E-state index contributed by atoms with van der Waals surface area (Å²) in [5, 5.41) is 12.7. The Labute approximate surface area is 92.8 Å². The molecule has 3 heteroatoms. The minimum Gasteiger partial charge on any atom is -0.393 e. The molecule has 0 aromatic rings. The molecule has 0 amide bonds. The molecular formula is C12H24N2O. The average molecular weight is 212 g/mol. The summed E-state index contributed by atoms with van der Waals surface area (Å²) in [6.45, 7) is 3.49. The first-order chi connectivity index (χ1) is 7.25. The van der Waals surface area contributed by atoms with Crippen molar-refractivity contribution in [1.82, 2.24) is 10.2 Å². The Hall–Kier alpha value is -0.120. The summed E-state index contributed by atoms with van der Waals surface area (Å²) in [6.07, 6.45) is 6.10. The van der Waals surface area contributed by atoms with Gasteiger partial charge in [-0.1, -0.05) is 6.42 Å². The zero-order chi connectivity index (χ0) is 10.7. The van der Waals surface area contributed by atoms with Crippen molar-refractivity contribution in [3.8, 4) is 0 Å². The SMILES string of the molecule is CN1CCCCC1CNCC1CC(O)C1. The minimum absolute atomic E-state index is 0.00541. The van der Waals surface area contributed by atoms with Crippen molar-refractivity contribution < 1.29 is 5.11 Å². The van der Waals surface area contributed by atoms with E-state index < -0.39 is 0 Å². The van der Waals surface area contributed by atoms with E-state index in [1.54, 1.807) is 0 Å². The number of hydrogen-bond donors (Lipinski definition) is 2. The number of likely N-dealkylation sites (tertiary alicyclic amines) is 1. The lowest BCUT2D eigenvalue weighted by atomic mass is 9.82. The number of hydrogen-bond acceptors (Lipinski definition) is 3. The number of likely N-dealkylation sites (N-methyl/N-ethyl adjacent to an activating group) is 1. The smallest absolute Gasteiger partial charge is 0.0546 e. The van der Waals surface area contributed by atoms with Gasteiger partial charge in [0.05, 0.1) is 6.10 Å². The summed E-state index contributed by atoms with van der Waals surface area (Å²) in [5.41, 5.74) is 0. The van der Waals surface area contributed by atoms with Gasteiger partial charge in [0, 0.05) is 12.6 Å². The summed E-state index contributed by atoms with van der Waals surface area (Å²) >= 11 is 0. The van der Waals surface area contributed by atoms with Crippen LogP contribution in [0.15, 0.2) is 0 Å². The summed E-state index contributed by atoms with van der Waals surface area (Å²) in [7, 11) is 2.23. The summed E-state index contributed by atoms with van der Waals surface area (Å²) in [4.78, 5) is 2.48. The van der Waals surface area contributed by atoms with Crippen LogP contribution < -0.4 is 5.32 Å². The number of rotatable bonds is 4. The van der Waals surface area contributed by atoms with E-state index in [0.717, 1.165) is 37.9 Å². The Morgan fingerprint density at radius 3 is 2.73 bits per heavy atom. The molecule has 1 atom stereocenters. The van der Waals surface area contributed by atoms with E-state index in [1.807, 2.05) is 0 Å². The molecule has 0 aromatic carbocycles. The van der Waals surface area contributed by atoms with Gasteiger partial charge < -0.3 is 15.3 Å². The van der Waals surface area contributed by atoms with Gasteiger partial charge in [0.25, 0.3) is 0 Å². The fourth-order valence-electron chi connectivity index (χ4n) is 2.72. The maximum Gasteiger partial charge on any atom is 0.0546 e. The lowest BCUT2D eigenvalue weighted by molar-refractivity contribution is 0.0419. The largest absolute Gasteiger partial charge is 0.393 e. The number of nitrogens with one attached hydrogen (secondary N) is 1. The molecular weight excluding hydrogens is 188 g/mol. The van der Waals surface area contributed by atoms with Gasteiger partial charge in [0.2, 0.25) is 0 Å². The van der Waals surface area contributed by atoms with Crippen LogP contribution in [0, 0.1) is 5.92 Å². The molecule has 0 spiro atoms. The number of aliphatic hydroxyl groups is 1. The van der Waals surface area contributed by atoms with Crippen molar-refractivity contribution in [2.75, 3.05) is 26.7 Å². The van der Waals surface area contributed by atoms with Crippen molar-refractivity contribution in [1.29, 1.82) is 0 Å². The van der Waals surface area contributed by atoms with E-state index in [1.165, 1.54) is 25.8 Å². The van der Waals surface area contributed by atoms with Crippen molar-refractivity contribution in [2.24, 2.45) is 5.92 Å². The first-order valence-corrected chi connectivity index (χ1v) is 6.34. The number of nitrogens with zero attached hydrogens (tertiary/aromatic N) is 1. The molecule has 1 aliphatic heterocycles. The van der Waals surface area contributed by atoms with Crippen molar-refractivity contribution in [3.05, 3.63) is 0 Å². The van der Waals surface area contributed by atoms with Crippen LogP contribution in [0.3, 0.4) is 0 Å². The molecule has 0 radical (unpaired) electrons. The molecule has 3 nitrogen and oxygen atoms in total.